The molecule has 4 aromatic rings. The Labute approximate surface area is 228 Å². The van der Waals surface area contributed by atoms with E-state index in [4.69, 9.17) is 0 Å². The molecule has 36 heavy (non-hydrogen) atoms. The SMILES string of the molecule is C=CCn1c(SCC(=O)Nc2ncc(Cc3ccc(Br)cc3)s2)nnc1-c1ccc(C(C)(C)C)cc1. The molecule has 0 aliphatic rings. The fourth-order valence-corrected chi connectivity index (χ4v) is 5.43. The quantitative estimate of drug-likeness (QED) is 0.171. The first-order valence-corrected chi connectivity index (χ1v) is 14.1. The summed E-state index contributed by atoms with van der Waals surface area (Å²) in [4.78, 5) is 18.1. The molecule has 0 spiro atoms. The zero-order valence-corrected chi connectivity index (χ0v) is 23.7. The molecule has 0 radical (unpaired) electrons. The number of aromatic nitrogens is 4. The van der Waals surface area contributed by atoms with Crippen LogP contribution in [0.25, 0.3) is 11.4 Å². The van der Waals surface area contributed by atoms with Gasteiger partial charge >= 0.3 is 0 Å². The van der Waals surface area contributed by atoms with E-state index in [1.165, 1.54) is 34.2 Å². The van der Waals surface area contributed by atoms with Crippen molar-refractivity contribution >= 4 is 50.1 Å². The van der Waals surface area contributed by atoms with Gasteiger partial charge in [-0.3, -0.25) is 9.36 Å². The summed E-state index contributed by atoms with van der Waals surface area (Å²) < 4.78 is 3.03. The minimum atomic E-state index is -0.131. The Morgan fingerprint density at radius 1 is 1.14 bits per heavy atom. The van der Waals surface area contributed by atoms with Crippen LogP contribution in [0, 0.1) is 0 Å². The molecule has 0 saturated heterocycles. The zero-order chi connectivity index (χ0) is 25.7. The number of carbonyl (C=O) groups is 1. The summed E-state index contributed by atoms with van der Waals surface area (Å²) in [5, 5.41) is 12.9. The van der Waals surface area contributed by atoms with Crippen LogP contribution in [-0.4, -0.2) is 31.4 Å². The lowest BCUT2D eigenvalue weighted by atomic mass is 9.87. The molecule has 0 atom stereocenters. The number of nitrogens with one attached hydrogen (secondary N) is 1. The summed E-state index contributed by atoms with van der Waals surface area (Å²) in [5.41, 5.74) is 3.52. The molecule has 2 aromatic carbocycles. The second-order valence-corrected chi connectivity index (χ2v) is 12.3. The van der Waals surface area contributed by atoms with E-state index in [9.17, 15) is 4.79 Å². The summed E-state index contributed by atoms with van der Waals surface area (Å²) >= 11 is 6.29. The molecule has 1 amide bonds. The highest BCUT2D eigenvalue weighted by Gasteiger charge is 2.18. The van der Waals surface area contributed by atoms with E-state index in [1.807, 2.05) is 29.0 Å². The van der Waals surface area contributed by atoms with Gasteiger partial charge in [0.05, 0.1) is 5.75 Å². The van der Waals surface area contributed by atoms with Crippen LogP contribution in [0.5, 0.6) is 0 Å². The summed E-state index contributed by atoms with van der Waals surface area (Å²) in [6, 6.07) is 16.6. The number of rotatable bonds is 9. The highest BCUT2D eigenvalue weighted by Crippen LogP contribution is 2.28. The molecule has 0 aliphatic carbocycles. The van der Waals surface area contributed by atoms with Crippen LogP contribution in [-0.2, 0) is 23.2 Å². The van der Waals surface area contributed by atoms with Crippen molar-refractivity contribution in [2.75, 3.05) is 11.1 Å². The highest BCUT2D eigenvalue weighted by molar-refractivity contribution is 9.10. The van der Waals surface area contributed by atoms with Gasteiger partial charge in [-0.25, -0.2) is 4.98 Å². The Morgan fingerprint density at radius 2 is 1.86 bits per heavy atom. The Kier molecular flexibility index (Phi) is 8.43. The van der Waals surface area contributed by atoms with Crippen molar-refractivity contribution in [1.29, 1.82) is 0 Å². The van der Waals surface area contributed by atoms with Crippen molar-refractivity contribution in [2.24, 2.45) is 0 Å². The zero-order valence-electron chi connectivity index (χ0n) is 20.5. The maximum absolute atomic E-state index is 12.6. The van der Waals surface area contributed by atoms with Gasteiger partial charge in [0.1, 0.15) is 0 Å². The maximum atomic E-state index is 12.6. The fourth-order valence-electron chi connectivity index (χ4n) is 3.56. The number of allylic oxidation sites excluding steroid dienone is 1. The Hall–Kier alpha value is -2.75. The van der Waals surface area contributed by atoms with Crippen molar-refractivity contribution in [3.05, 3.63) is 87.9 Å². The van der Waals surface area contributed by atoms with Gasteiger partial charge in [-0.2, -0.15) is 0 Å². The van der Waals surface area contributed by atoms with Crippen LogP contribution in [0.15, 0.2) is 77.0 Å². The van der Waals surface area contributed by atoms with Crippen molar-refractivity contribution in [1.82, 2.24) is 19.7 Å². The predicted molar refractivity (Wildman–Crippen MR) is 153 cm³/mol. The van der Waals surface area contributed by atoms with Crippen LogP contribution < -0.4 is 5.32 Å². The Balaban J connectivity index is 1.38. The molecule has 0 bridgehead atoms. The smallest absolute Gasteiger partial charge is 0.236 e. The first kappa shape index (κ1) is 26.3. The lowest BCUT2D eigenvalue weighted by molar-refractivity contribution is -0.113. The van der Waals surface area contributed by atoms with Crippen molar-refractivity contribution < 1.29 is 4.79 Å². The van der Waals surface area contributed by atoms with Crippen LogP contribution >= 0.6 is 39.0 Å². The molecule has 0 saturated carbocycles. The van der Waals surface area contributed by atoms with Gasteiger partial charge < -0.3 is 5.32 Å². The average Bonchev–Trinajstić information content (AvgIpc) is 3.45. The fraction of sp³-hybridized carbons (Fsp3) is 0.259. The number of hydrogen-bond donors (Lipinski definition) is 1. The van der Waals surface area contributed by atoms with E-state index in [-0.39, 0.29) is 17.1 Å². The number of amides is 1. The average molecular weight is 583 g/mol. The van der Waals surface area contributed by atoms with E-state index < -0.39 is 0 Å². The number of nitrogens with zero attached hydrogens (tertiary/aromatic N) is 4. The minimum absolute atomic E-state index is 0.0822. The third kappa shape index (κ3) is 6.72. The van der Waals surface area contributed by atoms with Gasteiger partial charge in [0.25, 0.3) is 0 Å². The van der Waals surface area contributed by atoms with Crippen LogP contribution in [0.3, 0.4) is 0 Å². The van der Waals surface area contributed by atoms with Gasteiger partial charge in [0, 0.05) is 34.1 Å². The Bertz CT molecular complexity index is 1340. The van der Waals surface area contributed by atoms with Gasteiger partial charge in [0.2, 0.25) is 5.91 Å². The number of halogens is 1. The van der Waals surface area contributed by atoms with E-state index >= 15 is 0 Å². The maximum Gasteiger partial charge on any atom is 0.236 e. The standard InChI is InChI=1S/C27H28BrN5OS2/c1-5-14-33-24(19-8-10-20(11-9-19)27(2,3)4)31-32-26(33)35-17-23(34)30-25-29-16-22(36-25)15-18-6-12-21(28)13-7-18/h5-13,16H,1,14-15,17H2,2-4H3,(H,29,30,34). The molecule has 9 heteroatoms. The summed E-state index contributed by atoms with van der Waals surface area (Å²) in [7, 11) is 0. The molecule has 2 heterocycles. The van der Waals surface area contributed by atoms with Crippen LogP contribution in [0.4, 0.5) is 5.13 Å². The minimum Gasteiger partial charge on any atom is -0.301 e. The summed E-state index contributed by atoms with van der Waals surface area (Å²) in [6.07, 6.45) is 4.40. The largest absolute Gasteiger partial charge is 0.301 e. The topological polar surface area (TPSA) is 72.7 Å². The first-order chi connectivity index (χ1) is 17.2. The number of thioether (sulfide) groups is 1. The molecule has 186 valence electrons. The van der Waals surface area contributed by atoms with E-state index in [0.29, 0.717) is 16.8 Å². The van der Waals surface area contributed by atoms with Gasteiger partial charge in [-0.15, -0.1) is 28.1 Å². The first-order valence-electron chi connectivity index (χ1n) is 11.5. The van der Waals surface area contributed by atoms with Crippen molar-refractivity contribution in [3.8, 4) is 11.4 Å². The molecule has 6 nitrogen and oxygen atoms in total. The van der Waals surface area contributed by atoms with E-state index in [2.05, 4.69) is 100 Å². The molecule has 1 N–H and O–H groups in total. The van der Waals surface area contributed by atoms with Crippen LogP contribution in [0.1, 0.15) is 36.8 Å². The normalized spacial score (nSPS) is 11.4. The number of anilines is 1. The summed E-state index contributed by atoms with van der Waals surface area (Å²) in [6.45, 7) is 11.0. The highest BCUT2D eigenvalue weighted by atomic mass is 79.9. The number of hydrogen-bond acceptors (Lipinski definition) is 6. The molecule has 0 fully saturated rings. The van der Waals surface area contributed by atoms with Gasteiger partial charge in [-0.1, -0.05) is 90.9 Å². The second-order valence-electron chi connectivity index (χ2n) is 9.30. The number of thiazole rings is 1. The molecule has 4 rings (SSSR count). The molecule has 0 unspecified atom stereocenters. The van der Waals surface area contributed by atoms with E-state index in [1.54, 1.807) is 0 Å². The molecular weight excluding hydrogens is 554 g/mol. The third-order valence-corrected chi connectivity index (χ3v) is 7.87. The second kappa shape index (κ2) is 11.5. The Morgan fingerprint density at radius 3 is 2.53 bits per heavy atom. The predicted octanol–water partition coefficient (Wildman–Crippen LogP) is 6.97. The van der Waals surface area contributed by atoms with Gasteiger partial charge in [-0.05, 0) is 28.7 Å². The molecule has 0 aliphatic heterocycles. The van der Waals surface area contributed by atoms with Gasteiger partial charge in [0.15, 0.2) is 16.1 Å². The number of benzene rings is 2. The number of carbonyl (C=O) groups excluding carboxylic acids is 1. The molecular formula is C27H28BrN5OS2. The monoisotopic (exact) mass is 581 g/mol. The van der Waals surface area contributed by atoms with E-state index in [0.717, 1.165) is 27.2 Å². The van der Waals surface area contributed by atoms with Crippen LogP contribution in [0.2, 0.25) is 0 Å². The van der Waals surface area contributed by atoms with Crippen molar-refractivity contribution in [2.45, 2.75) is 44.3 Å². The molecule has 2 aromatic heterocycles. The summed E-state index contributed by atoms with van der Waals surface area (Å²) in [5.74, 6) is 0.837. The lowest BCUT2D eigenvalue weighted by Crippen LogP contribution is -2.14. The third-order valence-electron chi connectivity index (χ3n) is 5.46. The van der Waals surface area contributed by atoms with Crippen molar-refractivity contribution in [3.63, 3.8) is 0 Å². The lowest BCUT2D eigenvalue weighted by Gasteiger charge is -2.19.